The number of carbonyl (C=O) groups excluding carboxylic acids is 2. The number of hydrogen-bond donors (Lipinski definition) is 2. The molecular formula is C38H43Cl4N5O6. The highest BCUT2D eigenvalue weighted by molar-refractivity contribution is 6.42. The number of benzene rings is 3. The van der Waals surface area contributed by atoms with Gasteiger partial charge in [0.15, 0.2) is 0 Å². The molecular weight excluding hydrogens is 764 g/mol. The van der Waals surface area contributed by atoms with E-state index in [1.165, 1.54) is 29.0 Å². The van der Waals surface area contributed by atoms with E-state index in [-0.39, 0.29) is 42.6 Å². The van der Waals surface area contributed by atoms with Crippen LogP contribution in [0, 0.1) is 0 Å². The number of carboxylic acids is 1. The fourth-order valence-corrected chi connectivity index (χ4v) is 7.97. The van der Waals surface area contributed by atoms with Crippen LogP contribution >= 0.6 is 46.4 Å². The van der Waals surface area contributed by atoms with E-state index >= 15 is 0 Å². The number of phenols is 1. The smallest absolute Gasteiger partial charge is 0.326 e. The Kier molecular flexibility index (Phi) is 14.1. The van der Waals surface area contributed by atoms with Gasteiger partial charge in [-0.15, -0.1) is 0 Å². The highest BCUT2D eigenvalue weighted by Crippen LogP contribution is 2.31. The zero-order valence-electron chi connectivity index (χ0n) is 29.6. The molecule has 11 nitrogen and oxygen atoms in total. The molecule has 2 atom stereocenters. The summed E-state index contributed by atoms with van der Waals surface area (Å²) in [4.78, 5) is 52.0. The maximum atomic E-state index is 13.8. The Balaban J connectivity index is 1.25. The number of aliphatic carboxylic acids is 1. The standard InChI is InChI=1S/C38H43Cl4N5O6/c1-44(36(49)26-19-27(39)22-28(40)20-26)23-34(43-53-2)31(25-6-9-32(41)33(42)21-25)12-17-45-15-10-29(11-16-45)46-13-3-14-47(38(46)52)35(37(50)51)18-24-4-7-30(48)8-5-24/h4-9,19-22,29,31,35,48H,3,10-18,23H2,1-2H3,(H,50,51)/b43-34+/t31-,35?/m1/s1. The molecule has 15 heteroatoms. The number of nitrogens with zero attached hydrogens (tertiary/aromatic N) is 5. The molecule has 5 rings (SSSR count). The quantitative estimate of drug-likeness (QED) is 0.127. The first-order valence-corrected chi connectivity index (χ1v) is 18.9. The van der Waals surface area contributed by atoms with Crippen molar-refractivity contribution in [2.75, 3.05) is 53.4 Å². The fraction of sp³-hybridized carbons (Fsp3) is 0.421. The summed E-state index contributed by atoms with van der Waals surface area (Å²) < 4.78 is 0. The van der Waals surface area contributed by atoms with Crippen molar-refractivity contribution in [3.8, 4) is 5.75 Å². The van der Waals surface area contributed by atoms with Gasteiger partial charge in [0.2, 0.25) is 0 Å². The summed E-state index contributed by atoms with van der Waals surface area (Å²) in [5, 5.41) is 25.7. The van der Waals surface area contributed by atoms with Crippen LogP contribution in [0.1, 0.15) is 53.1 Å². The van der Waals surface area contributed by atoms with Crippen molar-refractivity contribution in [1.29, 1.82) is 0 Å². The third kappa shape index (κ3) is 10.5. The molecule has 2 aliphatic rings. The van der Waals surface area contributed by atoms with Crippen LogP contribution < -0.4 is 0 Å². The highest BCUT2D eigenvalue weighted by atomic mass is 35.5. The average Bonchev–Trinajstić information content (AvgIpc) is 3.12. The first-order chi connectivity index (χ1) is 25.3. The van der Waals surface area contributed by atoms with Gasteiger partial charge in [-0.2, -0.15) is 0 Å². The summed E-state index contributed by atoms with van der Waals surface area (Å²) in [5.41, 5.74) is 2.57. The molecule has 284 valence electrons. The number of halogens is 4. The van der Waals surface area contributed by atoms with Gasteiger partial charge in [-0.25, -0.2) is 9.59 Å². The Morgan fingerprint density at radius 2 is 1.62 bits per heavy atom. The van der Waals surface area contributed by atoms with Gasteiger partial charge >= 0.3 is 12.0 Å². The number of aromatic hydroxyl groups is 1. The van der Waals surface area contributed by atoms with Gasteiger partial charge in [0.25, 0.3) is 5.91 Å². The molecule has 2 aliphatic heterocycles. The number of piperidine rings is 1. The minimum atomic E-state index is -1.06. The molecule has 0 bridgehead atoms. The number of oxime groups is 1. The lowest BCUT2D eigenvalue weighted by molar-refractivity contribution is -0.142. The van der Waals surface area contributed by atoms with Gasteiger partial charge in [-0.05, 0) is 85.8 Å². The van der Waals surface area contributed by atoms with Gasteiger partial charge in [-0.1, -0.05) is 69.8 Å². The molecule has 0 saturated carbocycles. The van der Waals surface area contributed by atoms with Gasteiger partial charge < -0.3 is 34.7 Å². The minimum absolute atomic E-state index is 0.0131. The van der Waals surface area contributed by atoms with E-state index < -0.39 is 12.0 Å². The van der Waals surface area contributed by atoms with Crippen LogP contribution in [0.5, 0.6) is 5.75 Å². The minimum Gasteiger partial charge on any atom is -0.508 e. The zero-order valence-corrected chi connectivity index (χ0v) is 32.6. The first kappa shape index (κ1) is 40.4. The Morgan fingerprint density at radius 3 is 2.25 bits per heavy atom. The molecule has 2 N–H and O–H groups in total. The normalized spacial score (nSPS) is 17.1. The average molecular weight is 808 g/mol. The van der Waals surface area contributed by atoms with Crippen LogP contribution in [0.4, 0.5) is 4.79 Å². The lowest BCUT2D eigenvalue weighted by atomic mass is 9.89. The number of hydrogen-bond acceptors (Lipinski definition) is 7. The molecule has 2 fully saturated rings. The molecule has 0 spiro atoms. The van der Waals surface area contributed by atoms with E-state index in [0.717, 1.165) is 37.1 Å². The zero-order chi connectivity index (χ0) is 38.2. The molecule has 0 radical (unpaired) electrons. The second-order valence-corrected chi connectivity index (χ2v) is 15.1. The largest absolute Gasteiger partial charge is 0.508 e. The third-order valence-corrected chi connectivity index (χ3v) is 11.0. The number of carboxylic acid groups (broad SMARTS) is 1. The van der Waals surface area contributed by atoms with E-state index in [9.17, 15) is 24.6 Å². The summed E-state index contributed by atoms with van der Waals surface area (Å²) in [7, 11) is 3.14. The molecule has 2 heterocycles. The van der Waals surface area contributed by atoms with Gasteiger partial charge in [-0.3, -0.25) is 4.79 Å². The molecule has 0 aromatic heterocycles. The maximum absolute atomic E-state index is 13.8. The van der Waals surface area contributed by atoms with E-state index in [0.29, 0.717) is 63.8 Å². The van der Waals surface area contributed by atoms with Crippen molar-refractivity contribution in [3.05, 3.63) is 97.4 Å². The predicted octanol–water partition coefficient (Wildman–Crippen LogP) is 7.54. The van der Waals surface area contributed by atoms with E-state index in [1.54, 1.807) is 43.4 Å². The van der Waals surface area contributed by atoms with Gasteiger partial charge in [0, 0.05) is 67.2 Å². The summed E-state index contributed by atoms with van der Waals surface area (Å²) in [6, 6.07) is 15.3. The molecule has 3 amide bonds. The Bertz CT molecular complexity index is 1780. The number of urea groups is 1. The second kappa shape index (κ2) is 18.5. The fourth-order valence-electron chi connectivity index (χ4n) is 7.14. The van der Waals surface area contributed by atoms with E-state index in [4.69, 9.17) is 51.2 Å². The van der Waals surface area contributed by atoms with E-state index in [1.807, 2.05) is 17.0 Å². The lowest BCUT2D eigenvalue weighted by Gasteiger charge is -2.45. The lowest BCUT2D eigenvalue weighted by Crippen LogP contribution is -2.59. The molecule has 53 heavy (non-hydrogen) atoms. The Hall–Kier alpha value is -3.74. The van der Waals surface area contributed by atoms with Crippen LogP contribution in [0.3, 0.4) is 0 Å². The van der Waals surface area contributed by atoms with Crippen LogP contribution in [0.15, 0.2) is 65.8 Å². The molecule has 0 aliphatic carbocycles. The summed E-state index contributed by atoms with van der Waals surface area (Å²) in [6.45, 7) is 3.27. The number of carbonyl (C=O) groups is 3. The monoisotopic (exact) mass is 805 g/mol. The van der Waals surface area contributed by atoms with Crippen LogP contribution in [-0.4, -0.2) is 119 Å². The molecule has 1 unspecified atom stereocenters. The maximum Gasteiger partial charge on any atom is 0.326 e. The van der Waals surface area contributed by atoms with E-state index in [2.05, 4.69) is 10.1 Å². The number of amides is 3. The third-order valence-electron chi connectivity index (χ3n) is 9.86. The second-order valence-electron chi connectivity index (χ2n) is 13.4. The van der Waals surface area contributed by atoms with Crippen molar-refractivity contribution < 1.29 is 29.4 Å². The van der Waals surface area contributed by atoms with Crippen molar-refractivity contribution in [2.45, 2.75) is 50.1 Å². The number of likely N-dealkylation sites (tertiary alicyclic amines) is 1. The SMILES string of the molecule is CO/N=C(\CN(C)C(=O)c1cc(Cl)cc(Cl)c1)[C@H](CCN1CCC(N2CCCN(C(Cc3ccc(O)cc3)C(=O)O)C2=O)CC1)c1ccc(Cl)c(Cl)c1. The van der Waals surface area contributed by atoms with Crippen LogP contribution in [-0.2, 0) is 16.1 Å². The first-order valence-electron chi connectivity index (χ1n) is 17.4. The number of rotatable bonds is 14. The van der Waals surface area contributed by atoms with Gasteiger partial charge in [0.1, 0.15) is 18.9 Å². The predicted molar refractivity (Wildman–Crippen MR) is 208 cm³/mol. The van der Waals surface area contributed by atoms with Crippen LogP contribution in [0.25, 0.3) is 0 Å². The van der Waals surface area contributed by atoms with Crippen molar-refractivity contribution in [1.82, 2.24) is 19.6 Å². The van der Waals surface area contributed by atoms with Crippen LogP contribution in [0.2, 0.25) is 20.1 Å². The summed E-state index contributed by atoms with van der Waals surface area (Å²) in [5.74, 6) is -1.52. The molecule has 3 aromatic rings. The molecule has 3 aromatic carbocycles. The topological polar surface area (TPSA) is 126 Å². The summed E-state index contributed by atoms with van der Waals surface area (Å²) in [6.07, 6.45) is 2.95. The van der Waals surface area contributed by atoms with Crippen molar-refractivity contribution in [3.63, 3.8) is 0 Å². The van der Waals surface area contributed by atoms with Crippen molar-refractivity contribution in [2.24, 2.45) is 5.16 Å². The van der Waals surface area contributed by atoms with Gasteiger partial charge in [0.05, 0.1) is 22.3 Å². The Labute approximate surface area is 329 Å². The summed E-state index contributed by atoms with van der Waals surface area (Å²) >= 11 is 25.1. The van der Waals surface area contributed by atoms with Crippen molar-refractivity contribution >= 4 is 70.0 Å². The molecule has 2 saturated heterocycles. The Morgan fingerprint density at radius 1 is 0.943 bits per heavy atom. The number of phenolic OH excluding ortho intramolecular Hbond substituents is 1. The highest BCUT2D eigenvalue weighted by Gasteiger charge is 2.39.